The molecule has 1 rings (SSSR count). The maximum atomic E-state index is 11.5. The zero-order chi connectivity index (χ0) is 13.4. The van der Waals surface area contributed by atoms with Gasteiger partial charge in [0.05, 0.1) is 12.1 Å². The molecular formula is C12H17ClN2O3. The Morgan fingerprint density at radius 2 is 2.17 bits per heavy atom. The van der Waals surface area contributed by atoms with E-state index in [1.807, 2.05) is 0 Å². The second-order valence-electron chi connectivity index (χ2n) is 3.58. The molecule has 2 N–H and O–H groups in total. The summed E-state index contributed by atoms with van der Waals surface area (Å²) in [7, 11) is 3.16. The summed E-state index contributed by atoms with van der Waals surface area (Å²) in [5, 5.41) is 5.84. The van der Waals surface area contributed by atoms with Crippen LogP contribution in [-0.4, -0.2) is 33.4 Å². The van der Waals surface area contributed by atoms with Crippen LogP contribution in [-0.2, 0) is 4.74 Å². The van der Waals surface area contributed by atoms with Gasteiger partial charge in [-0.25, -0.2) is 4.79 Å². The van der Waals surface area contributed by atoms with Crippen LogP contribution in [0.5, 0.6) is 5.75 Å². The van der Waals surface area contributed by atoms with Gasteiger partial charge in [0.15, 0.2) is 0 Å². The van der Waals surface area contributed by atoms with Crippen molar-refractivity contribution in [3.63, 3.8) is 0 Å². The summed E-state index contributed by atoms with van der Waals surface area (Å²) >= 11 is 5.95. The average molecular weight is 273 g/mol. The summed E-state index contributed by atoms with van der Waals surface area (Å²) in [4.78, 5) is 11.5. The molecule has 0 aliphatic heterocycles. The van der Waals surface area contributed by atoms with Crippen LogP contribution in [0.2, 0.25) is 5.02 Å². The number of carbonyl (C=O) groups is 1. The predicted octanol–water partition coefficient (Wildman–Crippen LogP) is 2.51. The molecule has 0 aliphatic rings. The molecule has 1 aromatic carbocycles. The van der Waals surface area contributed by atoms with Gasteiger partial charge in [-0.1, -0.05) is 11.6 Å². The first-order valence-corrected chi connectivity index (χ1v) is 5.92. The molecule has 0 atom stereocenters. The molecule has 6 heteroatoms. The fraction of sp³-hybridized carbons (Fsp3) is 0.417. The third kappa shape index (κ3) is 4.81. The SMILES string of the molecule is COCCCNC(=O)Nc1ccc(OC)c(Cl)c1. The van der Waals surface area contributed by atoms with E-state index in [-0.39, 0.29) is 6.03 Å². The molecule has 0 bridgehead atoms. The number of amides is 2. The number of urea groups is 1. The number of ether oxygens (including phenoxy) is 2. The lowest BCUT2D eigenvalue weighted by Gasteiger charge is -2.09. The smallest absolute Gasteiger partial charge is 0.319 e. The predicted molar refractivity (Wildman–Crippen MR) is 71.5 cm³/mol. The van der Waals surface area contributed by atoms with Gasteiger partial charge in [-0.15, -0.1) is 0 Å². The van der Waals surface area contributed by atoms with Gasteiger partial charge in [0.2, 0.25) is 0 Å². The Morgan fingerprint density at radius 3 is 2.78 bits per heavy atom. The second-order valence-corrected chi connectivity index (χ2v) is 3.98. The molecule has 0 radical (unpaired) electrons. The van der Waals surface area contributed by atoms with Crippen LogP contribution < -0.4 is 15.4 Å². The molecule has 0 unspecified atom stereocenters. The summed E-state index contributed by atoms with van der Waals surface area (Å²) in [5.41, 5.74) is 0.616. The van der Waals surface area contributed by atoms with Crippen molar-refractivity contribution < 1.29 is 14.3 Å². The van der Waals surface area contributed by atoms with Crippen LogP contribution in [0.3, 0.4) is 0 Å². The largest absolute Gasteiger partial charge is 0.495 e. The molecule has 0 spiro atoms. The molecule has 100 valence electrons. The van der Waals surface area contributed by atoms with E-state index in [9.17, 15) is 4.79 Å². The Bertz CT molecular complexity index is 399. The van der Waals surface area contributed by atoms with Gasteiger partial charge in [0.25, 0.3) is 0 Å². The minimum Gasteiger partial charge on any atom is -0.495 e. The topological polar surface area (TPSA) is 59.6 Å². The third-order valence-corrected chi connectivity index (χ3v) is 2.52. The van der Waals surface area contributed by atoms with Crippen molar-refractivity contribution in [1.29, 1.82) is 0 Å². The second kappa shape index (κ2) is 7.79. The Balaban J connectivity index is 2.42. The fourth-order valence-corrected chi connectivity index (χ4v) is 1.60. The van der Waals surface area contributed by atoms with E-state index < -0.39 is 0 Å². The first kappa shape index (κ1) is 14.6. The van der Waals surface area contributed by atoms with Crippen molar-refractivity contribution in [2.24, 2.45) is 0 Å². The number of anilines is 1. The van der Waals surface area contributed by atoms with Crippen molar-refractivity contribution in [2.45, 2.75) is 6.42 Å². The lowest BCUT2D eigenvalue weighted by molar-refractivity contribution is 0.194. The third-order valence-electron chi connectivity index (χ3n) is 2.22. The molecule has 0 heterocycles. The van der Waals surface area contributed by atoms with E-state index in [1.54, 1.807) is 25.3 Å². The maximum Gasteiger partial charge on any atom is 0.319 e. The number of carbonyl (C=O) groups excluding carboxylic acids is 1. The van der Waals surface area contributed by atoms with Crippen molar-refractivity contribution in [2.75, 3.05) is 32.7 Å². The standard InChI is InChI=1S/C12H17ClN2O3/c1-17-7-3-6-14-12(16)15-9-4-5-11(18-2)10(13)8-9/h4-5,8H,3,6-7H2,1-2H3,(H2,14,15,16). The van der Waals surface area contributed by atoms with Crippen LogP contribution >= 0.6 is 11.6 Å². The molecule has 0 aliphatic carbocycles. The highest BCUT2D eigenvalue weighted by molar-refractivity contribution is 6.32. The molecule has 18 heavy (non-hydrogen) atoms. The van der Waals surface area contributed by atoms with Gasteiger partial charge in [-0.2, -0.15) is 0 Å². The number of benzene rings is 1. The molecule has 2 amide bonds. The zero-order valence-electron chi connectivity index (χ0n) is 10.5. The van der Waals surface area contributed by atoms with E-state index in [4.69, 9.17) is 21.1 Å². The highest BCUT2D eigenvalue weighted by Gasteiger charge is 2.04. The van der Waals surface area contributed by atoms with Crippen molar-refractivity contribution in [3.05, 3.63) is 23.2 Å². The van der Waals surface area contributed by atoms with Gasteiger partial charge >= 0.3 is 6.03 Å². The number of halogens is 1. The normalized spacial score (nSPS) is 9.94. The van der Waals surface area contributed by atoms with Crippen molar-refractivity contribution in [1.82, 2.24) is 5.32 Å². The first-order chi connectivity index (χ1) is 8.67. The number of hydrogen-bond acceptors (Lipinski definition) is 3. The minimum atomic E-state index is -0.271. The molecular weight excluding hydrogens is 256 g/mol. The summed E-state index contributed by atoms with van der Waals surface area (Å²) in [6.45, 7) is 1.18. The summed E-state index contributed by atoms with van der Waals surface area (Å²) in [6, 6.07) is 4.78. The van der Waals surface area contributed by atoms with Crippen LogP contribution in [0.4, 0.5) is 10.5 Å². The number of rotatable bonds is 6. The molecule has 5 nitrogen and oxygen atoms in total. The van der Waals surface area contributed by atoms with E-state index >= 15 is 0 Å². The average Bonchev–Trinajstić information content (AvgIpc) is 2.35. The fourth-order valence-electron chi connectivity index (χ4n) is 1.34. The van der Waals surface area contributed by atoms with E-state index in [0.29, 0.717) is 29.6 Å². The maximum absolute atomic E-state index is 11.5. The number of nitrogens with one attached hydrogen (secondary N) is 2. The lowest BCUT2D eigenvalue weighted by Crippen LogP contribution is -2.30. The van der Waals surface area contributed by atoms with Gasteiger partial charge in [-0.3, -0.25) is 0 Å². The Kier molecular flexibility index (Phi) is 6.32. The summed E-state index contributed by atoms with van der Waals surface area (Å²) in [6.07, 6.45) is 0.771. The monoisotopic (exact) mass is 272 g/mol. The van der Waals surface area contributed by atoms with Gasteiger partial charge in [0, 0.05) is 25.9 Å². The molecule has 0 aromatic heterocycles. The molecule has 1 aromatic rings. The molecule has 0 saturated carbocycles. The highest BCUT2D eigenvalue weighted by atomic mass is 35.5. The Morgan fingerprint density at radius 1 is 1.39 bits per heavy atom. The minimum absolute atomic E-state index is 0.271. The summed E-state index contributed by atoms with van der Waals surface area (Å²) in [5.74, 6) is 0.572. The number of hydrogen-bond donors (Lipinski definition) is 2. The Hall–Kier alpha value is -1.46. The zero-order valence-corrected chi connectivity index (χ0v) is 11.2. The first-order valence-electron chi connectivity index (χ1n) is 5.54. The van der Waals surface area contributed by atoms with Crippen LogP contribution in [0, 0.1) is 0 Å². The van der Waals surface area contributed by atoms with E-state index in [2.05, 4.69) is 10.6 Å². The highest BCUT2D eigenvalue weighted by Crippen LogP contribution is 2.26. The quantitative estimate of drug-likeness (QED) is 0.782. The van der Waals surface area contributed by atoms with Crippen LogP contribution in [0.15, 0.2) is 18.2 Å². The molecule has 0 fully saturated rings. The summed E-state index contributed by atoms with van der Waals surface area (Å²) < 4.78 is 9.90. The Labute approximate surface area is 111 Å². The van der Waals surface area contributed by atoms with Crippen LogP contribution in [0.1, 0.15) is 6.42 Å². The van der Waals surface area contributed by atoms with Crippen LogP contribution in [0.25, 0.3) is 0 Å². The van der Waals surface area contributed by atoms with Crippen molar-refractivity contribution in [3.8, 4) is 5.75 Å². The van der Waals surface area contributed by atoms with Gasteiger partial charge in [0.1, 0.15) is 5.75 Å². The number of methoxy groups -OCH3 is 2. The van der Waals surface area contributed by atoms with E-state index in [0.717, 1.165) is 6.42 Å². The van der Waals surface area contributed by atoms with Gasteiger partial charge < -0.3 is 20.1 Å². The van der Waals surface area contributed by atoms with Gasteiger partial charge in [-0.05, 0) is 24.6 Å². The lowest BCUT2D eigenvalue weighted by atomic mass is 10.3. The van der Waals surface area contributed by atoms with Crippen molar-refractivity contribution >= 4 is 23.3 Å². The molecule has 0 saturated heterocycles. The van der Waals surface area contributed by atoms with E-state index in [1.165, 1.54) is 7.11 Å².